The molecule has 0 fully saturated rings. The molecule has 100 valence electrons. The number of carbonyl (C=O) groups excluding carboxylic acids is 3. The highest BCUT2D eigenvalue weighted by Crippen LogP contribution is 2.28. The first kappa shape index (κ1) is 13.3. The van der Waals surface area contributed by atoms with Gasteiger partial charge in [0, 0.05) is 11.1 Å². The van der Waals surface area contributed by atoms with E-state index < -0.39 is 23.6 Å². The fourth-order valence-corrected chi connectivity index (χ4v) is 1.83. The smallest absolute Gasteiger partial charge is 0.309 e. The summed E-state index contributed by atoms with van der Waals surface area (Å²) < 4.78 is 9.98. The Balaban J connectivity index is 2.31. The molecule has 1 aliphatic rings. The molecule has 0 aliphatic heterocycles. The van der Waals surface area contributed by atoms with Crippen LogP contribution in [0.15, 0.2) is 18.2 Å². The zero-order chi connectivity index (χ0) is 14.2. The lowest BCUT2D eigenvalue weighted by atomic mass is 10.1. The SMILES string of the molecule is COc1ccc2c(c1)C(=O)C(OC(=O)C(C)C)C2=O. The molecule has 5 nitrogen and oxygen atoms in total. The first-order valence-corrected chi connectivity index (χ1v) is 5.92. The molecule has 5 heteroatoms. The summed E-state index contributed by atoms with van der Waals surface area (Å²) >= 11 is 0. The molecule has 1 aliphatic carbocycles. The van der Waals surface area contributed by atoms with E-state index in [0.717, 1.165) is 0 Å². The van der Waals surface area contributed by atoms with Crippen molar-refractivity contribution >= 4 is 17.5 Å². The largest absolute Gasteiger partial charge is 0.497 e. The minimum Gasteiger partial charge on any atom is -0.497 e. The van der Waals surface area contributed by atoms with E-state index in [0.29, 0.717) is 5.75 Å². The van der Waals surface area contributed by atoms with Crippen LogP contribution in [0.1, 0.15) is 34.6 Å². The zero-order valence-electron chi connectivity index (χ0n) is 10.9. The van der Waals surface area contributed by atoms with Crippen molar-refractivity contribution in [3.8, 4) is 5.75 Å². The van der Waals surface area contributed by atoms with Crippen molar-refractivity contribution in [2.45, 2.75) is 20.0 Å². The second kappa shape index (κ2) is 4.84. The van der Waals surface area contributed by atoms with Gasteiger partial charge in [-0.15, -0.1) is 0 Å². The maximum absolute atomic E-state index is 12.1. The number of rotatable bonds is 3. The Labute approximate surface area is 110 Å². The van der Waals surface area contributed by atoms with Gasteiger partial charge in [0.1, 0.15) is 5.75 Å². The topological polar surface area (TPSA) is 69.7 Å². The number of esters is 1. The van der Waals surface area contributed by atoms with E-state index in [1.807, 2.05) is 0 Å². The summed E-state index contributed by atoms with van der Waals surface area (Å²) in [6.45, 7) is 3.28. The minimum absolute atomic E-state index is 0.242. The molecule has 2 rings (SSSR count). The second-order valence-corrected chi connectivity index (χ2v) is 4.61. The van der Waals surface area contributed by atoms with Crippen LogP contribution in [0.2, 0.25) is 0 Å². The number of hydrogen-bond acceptors (Lipinski definition) is 5. The number of ketones is 2. The lowest BCUT2D eigenvalue weighted by molar-refractivity contribution is -0.148. The third-order valence-electron chi connectivity index (χ3n) is 2.94. The molecule has 0 aromatic heterocycles. The molecule has 0 heterocycles. The molecule has 0 radical (unpaired) electrons. The molecular weight excluding hydrogens is 248 g/mol. The van der Waals surface area contributed by atoms with E-state index in [2.05, 4.69) is 0 Å². The second-order valence-electron chi connectivity index (χ2n) is 4.61. The number of benzene rings is 1. The molecule has 1 aromatic carbocycles. The number of fused-ring (bicyclic) bond motifs is 1. The van der Waals surface area contributed by atoms with Crippen LogP contribution in [-0.2, 0) is 9.53 Å². The van der Waals surface area contributed by atoms with Crippen LogP contribution in [0.4, 0.5) is 0 Å². The zero-order valence-corrected chi connectivity index (χ0v) is 10.9. The van der Waals surface area contributed by atoms with Crippen LogP contribution >= 0.6 is 0 Å². The van der Waals surface area contributed by atoms with Gasteiger partial charge in [-0.1, -0.05) is 13.8 Å². The van der Waals surface area contributed by atoms with E-state index in [1.165, 1.54) is 19.2 Å². The summed E-state index contributed by atoms with van der Waals surface area (Å²) in [5.41, 5.74) is 0.512. The van der Waals surface area contributed by atoms with Crippen molar-refractivity contribution in [2.24, 2.45) is 5.92 Å². The molecule has 19 heavy (non-hydrogen) atoms. The maximum atomic E-state index is 12.1. The van der Waals surface area contributed by atoms with Gasteiger partial charge in [0.2, 0.25) is 17.7 Å². The Kier molecular flexibility index (Phi) is 3.38. The number of hydrogen-bond donors (Lipinski definition) is 0. The molecule has 0 saturated carbocycles. The summed E-state index contributed by atoms with van der Waals surface area (Å²) in [4.78, 5) is 35.6. The van der Waals surface area contributed by atoms with Crippen LogP contribution < -0.4 is 4.74 Å². The van der Waals surface area contributed by atoms with Gasteiger partial charge in [-0.05, 0) is 18.2 Å². The highest BCUT2D eigenvalue weighted by molar-refractivity contribution is 6.29. The number of methoxy groups -OCH3 is 1. The van der Waals surface area contributed by atoms with Gasteiger partial charge in [-0.3, -0.25) is 14.4 Å². The van der Waals surface area contributed by atoms with Gasteiger partial charge in [0.15, 0.2) is 0 Å². The van der Waals surface area contributed by atoms with Crippen molar-refractivity contribution < 1.29 is 23.9 Å². The average Bonchev–Trinajstić information content (AvgIpc) is 2.63. The lowest BCUT2D eigenvalue weighted by Crippen LogP contribution is -2.30. The number of Topliss-reactive ketones (excluding diaryl/α,β-unsaturated/α-hetero) is 2. The molecule has 0 spiro atoms. The van der Waals surface area contributed by atoms with Crippen LogP contribution in [0.5, 0.6) is 5.75 Å². The van der Waals surface area contributed by atoms with Gasteiger partial charge >= 0.3 is 5.97 Å². The van der Waals surface area contributed by atoms with Crippen LogP contribution in [0.25, 0.3) is 0 Å². The Morgan fingerprint density at radius 1 is 1.16 bits per heavy atom. The highest BCUT2D eigenvalue weighted by Gasteiger charge is 2.41. The van der Waals surface area contributed by atoms with E-state index >= 15 is 0 Å². The van der Waals surface area contributed by atoms with E-state index in [-0.39, 0.29) is 17.0 Å². The maximum Gasteiger partial charge on any atom is 0.309 e. The summed E-state index contributed by atoms with van der Waals surface area (Å²) in [5.74, 6) is -1.44. The summed E-state index contributed by atoms with van der Waals surface area (Å²) in [6.07, 6.45) is -1.35. The fourth-order valence-electron chi connectivity index (χ4n) is 1.83. The monoisotopic (exact) mass is 262 g/mol. The Bertz CT molecular complexity index is 559. The highest BCUT2D eigenvalue weighted by atomic mass is 16.6. The molecule has 0 saturated heterocycles. The number of ether oxygens (including phenoxy) is 2. The van der Waals surface area contributed by atoms with Crippen molar-refractivity contribution in [3.63, 3.8) is 0 Å². The van der Waals surface area contributed by atoms with Gasteiger partial charge < -0.3 is 9.47 Å². The molecule has 0 N–H and O–H groups in total. The van der Waals surface area contributed by atoms with Crippen LogP contribution in [0.3, 0.4) is 0 Å². The fraction of sp³-hybridized carbons (Fsp3) is 0.357. The summed E-state index contributed by atoms with van der Waals surface area (Å²) in [7, 11) is 1.47. The molecule has 1 aromatic rings. The molecule has 1 atom stereocenters. The third-order valence-corrected chi connectivity index (χ3v) is 2.94. The molecule has 0 amide bonds. The van der Waals surface area contributed by atoms with Gasteiger partial charge in [0.25, 0.3) is 0 Å². The Morgan fingerprint density at radius 3 is 2.37 bits per heavy atom. The quantitative estimate of drug-likeness (QED) is 0.611. The summed E-state index contributed by atoms with van der Waals surface area (Å²) in [5, 5.41) is 0. The first-order chi connectivity index (χ1) is 8.95. The predicted octanol–water partition coefficient (Wildman–Crippen LogP) is 1.64. The van der Waals surface area contributed by atoms with Gasteiger partial charge in [0.05, 0.1) is 13.0 Å². The Hall–Kier alpha value is -2.17. The predicted molar refractivity (Wildman–Crippen MR) is 66.4 cm³/mol. The van der Waals surface area contributed by atoms with Gasteiger partial charge in [-0.25, -0.2) is 0 Å². The summed E-state index contributed by atoms with van der Waals surface area (Å²) in [6, 6.07) is 4.59. The average molecular weight is 262 g/mol. The minimum atomic E-state index is -1.35. The van der Waals surface area contributed by atoms with Crippen molar-refractivity contribution in [3.05, 3.63) is 29.3 Å². The van der Waals surface area contributed by atoms with E-state index in [9.17, 15) is 14.4 Å². The van der Waals surface area contributed by atoms with Gasteiger partial charge in [-0.2, -0.15) is 0 Å². The van der Waals surface area contributed by atoms with Crippen LogP contribution in [0, 0.1) is 5.92 Å². The van der Waals surface area contributed by atoms with Crippen molar-refractivity contribution in [2.75, 3.05) is 7.11 Å². The molecular formula is C14H14O5. The Morgan fingerprint density at radius 2 is 1.79 bits per heavy atom. The van der Waals surface area contributed by atoms with E-state index in [1.54, 1.807) is 19.9 Å². The molecule has 1 unspecified atom stereocenters. The van der Waals surface area contributed by atoms with Crippen LogP contribution in [-0.4, -0.2) is 30.7 Å². The van der Waals surface area contributed by atoms with Crippen molar-refractivity contribution in [1.82, 2.24) is 0 Å². The molecule has 0 bridgehead atoms. The van der Waals surface area contributed by atoms with Crippen molar-refractivity contribution in [1.29, 1.82) is 0 Å². The first-order valence-electron chi connectivity index (χ1n) is 5.92. The van der Waals surface area contributed by atoms with E-state index in [4.69, 9.17) is 9.47 Å². The lowest BCUT2D eigenvalue weighted by Gasteiger charge is -2.10. The third kappa shape index (κ3) is 2.23. The normalized spacial score (nSPS) is 17.6. The number of carbonyl (C=O) groups is 3. The standard InChI is InChI=1S/C14H14O5/c1-7(2)14(17)19-13-11(15)9-5-4-8(18-3)6-10(9)12(13)16/h4-7,13H,1-3H3.